The zero-order valence-corrected chi connectivity index (χ0v) is 8.12. The fourth-order valence-corrected chi connectivity index (χ4v) is 1.08. The van der Waals surface area contributed by atoms with Gasteiger partial charge in [0.2, 0.25) is 0 Å². The van der Waals surface area contributed by atoms with Gasteiger partial charge < -0.3 is 10.9 Å². The number of hydrogen-bond donors (Lipinski definition) is 2. The van der Waals surface area contributed by atoms with Crippen molar-refractivity contribution in [2.24, 2.45) is 16.8 Å². The number of likely N-dealkylation sites (N-methyl/N-ethyl adjacent to an activating group) is 1. The molecule has 0 atom stereocenters. The molecule has 0 amide bonds. The molecule has 0 radical (unpaired) electrons. The average molecular weight is 173 g/mol. The van der Waals surface area contributed by atoms with Gasteiger partial charge in [-0.3, -0.25) is 4.90 Å². The molecule has 0 bridgehead atoms. The predicted octanol–water partition coefficient (Wildman–Crippen LogP) is 0.711. The van der Waals surface area contributed by atoms with Crippen molar-refractivity contribution in [2.45, 2.75) is 20.8 Å². The first-order chi connectivity index (χ1) is 5.60. The number of oxime groups is 1. The van der Waals surface area contributed by atoms with Gasteiger partial charge in [-0.2, -0.15) is 0 Å². The molecule has 0 aromatic rings. The lowest BCUT2D eigenvalue weighted by Gasteiger charge is -2.21. The van der Waals surface area contributed by atoms with E-state index in [1.54, 1.807) is 0 Å². The molecule has 0 aromatic heterocycles. The van der Waals surface area contributed by atoms with Gasteiger partial charge in [0, 0.05) is 6.54 Å². The van der Waals surface area contributed by atoms with Gasteiger partial charge in [0.25, 0.3) is 0 Å². The Morgan fingerprint density at radius 3 is 2.50 bits per heavy atom. The molecular formula is C8H19N3O. The molecule has 3 N–H and O–H groups in total. The van der Waals surface area contributed by atoms with E-state index in [4.69, 9.17) is 10.9 Å². The van der Waals surface area contributed by atoms with Gasteiger partial charge in [-0.15, -0.1) is 0 Å². The lowest BCUT2D eigenvalue weighted by Crippen LogP contribution is -2.36. The maximum Gasteiger partial charge on any atom is 0.153 e. The number of nitrogens with two attached hydrogens (primary N) is 1. The monoisotopic (exact) mass is 173 g/mol. The normalized spacial score (nSPS) is 12.9. The molecule has 72 valence electrons. The van der Waals surface area contributed by atoms with Crippen molar-refractivity contribution < 1.29 is 5.21 Å². The third-order valence-corrected chi connectivity index (χ3v) is 1.58. The Bertz CT molecular complexity index is 145. The first kappa shape index (κ1) is 11.2. The molecule has 0 saturated carbocycles. The number of rotatable bonds is 5. The maximum absolute atomic E-state index is 8.35. The van der Waals surface area contributed by atoms with Crippen LogP contribution in [0.3, 0.4) is 0 Å². The molecular weight excluding hydrogens is 154 g/mol. The molecule has 12 heavy (non-hydrogen) atoms. The summed E-state index contributed by atoms with van der Waals surface area (Å²) in [6.45, 7) is 8.81. The van der Waals surface area contributed by atoms with E-state index >= 15 is 0 Å². The Hall–Kier alpha value is -0.770. The molecule has 0 unspecified atom stereocenters. The van der Waals surface area contributed by atoms with Crippen LogP contribution in [0.15, 0.2) is 5.16 Å². The van der Waals surface area contributed by atoms with Crippen LogP contribution in [-0.4, -0.2) is 35.6 Å². The highest BCUT2D eigenvalue weighted by molar-refractivity contribution is 5.81. The van der Waals surface area contributed by atoms with Crippen LogP contribution in [-0.2, 0) is 0 Å². The zero-order chi connectivity index (χ0) is 9.56. The summed E-state index contributed by atoms with van der Waals surface area (Å²) in [5, 5.41) is 11.3. The van der Waals surface area contributed by atoms with Crippen molar-refractivity contribution in [3.05, 3.63) is 0 Å². The van der Waals surface area contributed by atoms with E-state index in [1.165, 1.54) is 0 Å². The highest BCUT2D eigenvalue weighted by atomic mass is 16.4. The quantitative estimate of drug-likeness (QED) is 0.278. The summed E-state index contributed by atoms with van der Waals surface area (Å²) in [5.74, 6) is 0.883. The van der Waals surface area contributed by atoms with E-state index in [0.29, 0.717) is 12.5 Å². The second kappa shape index (κ2) is 5.83. The minimum atomic E-state index is 0.275. The van der Waals surface area contributed by atoms with Crippen molar-refractivity contribution in [3.63, 3.8) is 0 Å². The van der Waals surface area contributed by atoms with Gasteiger partial charge >= 0.3 is 0 Å². The summed E-state index contributed by atoms with van der Waals surface area (Å²) in [6, 6.07) is 0. The van der Waals surface area contributed by atoms with E-state index in [1.807, 2.05) is 0 Å². The molecule has 0 fully saturated rings. The van der Waals surface area contributed by atoms with Gasteiger partial charge in [0.1, 0.15) is 0 Å². The van der Waals surface area contributed by atoms with Crippen LogP contribution in [0.4, 0.5) is 0 Å². The molecule has 0 saturated heterocycles. The Labute approximate surface area is 74.0 Å². The third kappa shape index (κ3) is 4.96. The number of nitrogens with zero attached hydrogens (tertiary/aromatic N) is 2. The van der Waals surface area contributed by atoms with Gasteiger partial charge in [0.15, 0.2) is 5.84 Å². The maximum atomic E-state index is 8.35. The van der Waals surface area contributed by atoms with Gasteiger partial charge in [-0.05, 0) is 12.5 Å². The minimum absolute atomic E-state index is 0.275. The highest BCUT2D eigenvalue weighted by Gasteiger charge is 2.06. The van der Waals surface area contributed by atoms with Crippen molar-refractivity contribution in [1.82, 2.24) is 4.90 Å². The Morgan fingerprint density at radius 2 is 2.17 bits per heavy atom. The topological polar surface area (TPSA) is 61.8 Å². The summed E-state index contributed by atoms with van der Waals surface area (Å²) in [5.41, 5.74) is 5.38. The molecule has 0 spiro atoms. The van der Waals surface area contributed by atoms with Gasteiger partial charge in [-0.25, -0.2) is 0 Å². The summed E-state index contributed by atoms with van der Waals surface area (Å²) in [6.07, 6.45) is 0. The van der Waals surface area contributed by atoms with Gasteiger partial charge in [0.05, 0.1) is 6.54 Å². The Morgan fingerprint density at radius 1 is 1.58 bits per heavy atom. The van der Waals surface area contributed by atoms with Crippen molar-refractivity contribution in [3.8, 4) is 0 Å². The minimum Gasteiger partial charge on any atom is -0.409 e. The average Bonchev–Trinajstić information content (AvgIpc) is 2.02. The largest absolute Gasteiger partial charge is 0.409 e. The molecule has 0 aliphatic carbocycles. The van der Waals surface area contributed by atoms with Crippen LogP contribution in [0, 0.1) is 5.92 Å². The molecule has 0 aliphatic rings. The van der Waals surface area contributed by atoms with Crippen LogP contribution in [0.5, 0.6) is 0 Å². The zero-order valence-electron chi connectivity index (χ0n) is 8.12. The highest BCUT2D eigenvalue weighted by Crippen LogP contribution is 1.97. The number of hydrogen-bond acceptors (Lipinski definition) is 3. The van der Waals surface area contributed by atoms with Gasteiger partial charge in [-0.1, -0.05) is 25.9 Å². The smallest absolute Gasteiger partial charge is 0.153 e. The fraction of sp³-hybridized carbons (Fsp3) is 0.875. The molecule has 0 aromatic carbocycles. The van der Waals surface area contributed by atoms with Crippen LogP contribution < -0.4 is 5.73 Å². The Kier molecular flexibility index (Phi) is 5.45. The SMILES string of the molecule is CCN(C/C(N)=N/O)CC(C)C. The van der Waals surface area contributed by atoms with Crippen LogP contribution in [0.1, 0.15) is 20.8 Å². The predicted molar refractivity (Wildman–Crippen MR) is 50.4 cm³/mol. The van der Waals surface area contributed by atoms with E-state index in [0.717, 1.165) is 13.1 Å². The molecule has 4 nitrogen and oxygen atoms in total. The van der Waals surface area contributed by atoms with E-state index in [9.17, 15) is 0 Å². The summed E-state index contributed by atoms with van der Waals surface area (Å²) in [7, 11) is 0. The fourth-order valence-electron chi connectivity index (χ4n) is 1.08. The Balaban J connectivity index is 3.83. The first-order valence-corrected chi connectivity index (χ1v) is 4.28. The lowest BCUT2D eigenvalue weighted by molar-refractivity contribution is 0.277. The second-order valence-corrected chi connectivity index (χ2v) is 3.31. The third-order valence-electron chi connectivity index (χ3n) is 1.58. The van der Waals surface area contributed by atoms with Crippen LogP contribution in [0.25, 0.3) is 0 Å². The summed E-state index contributed by atoms with van der Waals surface area (Å²) in [4.78, 5) is 2.14. The number of amidine groups is 1. The van der Waals surface area contributed by atoms with Crippen LogP contribution >= 0.6 is 0 Å². The summed E-state index contributed by atoms with van der Waals surface area (Å²) >= 11 is 0. The second-order valence-electron chi connectivity index (χ2n) is 3.31. The lowest BCUT2D eigenvalue weighted by atomic mass is 10.2. The van der Waals surface area contributed by atoms with E-state index in [-0.39, 0.29) is 5.84 Å². The molecule has 0 aliphatic heterocycles. The summed E-state index contributed by atoms with van der Waals surface area (Å²) < 4.78 is 0. The molecule has 4 heteroatoms. The first-order valence-electron chi connectivity index (χ1n) is 4.28. The van der Waals surface area contributed by atoms with Crippen molar-refractivity contribution >= 4 is 5.84 Å². The van der Waals surface area contributed by atoms with Crippen molar-refractivity contribution in [1.29, 1.82) is 0 Å². The van der Waals surface area contributed by atoms with Crippen molar-refractivity contribution in [2.75, 3.05) is 19.6 Å². The molecule has 0 heterocycles. The van der Waals surface area contributed by atoms with E-state index < -0.39 is 0 Å². The van der Waals surface area contributed by atoms with E-state index in [2.05, 4.69) is 30.8 Å². The molecule has 0 rings (SSSR count). The van der Waals surface area contributed by atoms with Crippen LogP contribution in [0.2, 0.25) is 0 Å². The standard InChI is InChI=1S/C8H19N3O/c1-4-11(5-7(2)3)6-8(9)10-12/h7,12H,4-6H2,1-3H3,(H2,9,10).